The maximum atomic E-state index is 10.5. The van der Waals surface area contributed by atoms with Gasteiger partial charge in [-0.3, -0.25) is 0 Å². The maximum Gasteiger partial charge on any atom is 0.405 e. The van der Waals surface area contributed by atoms with Crippen LogP contribution in [0.3, 0.4) is 0 Å². The molecule has 0 unspecified atom stereocenters. The molecule has 4 heteroatoms. The lowest BCUT2D eigenvalue weighted by Gasteiger charge is -2.26. The van der Waals surface area contributed by atoms with Crippen LogP contribution in [0.1, 0.15) is 19.4 Å². The molecule has 0 fully saturated rings. The van der Waals surface area contributed by atoms with Crippen LogP contribution in [0.25, 0.3) is 0 Å². The Kier molecular flexibility index (Phi) is 3.01. The Morgan fingerprint density at radius 1 is 1.43 bits per heavy atom. The van der Waals surface area contributed by atoms with Crippen LogP contribution < -0.4 is 5.32 Å². The second-order valence-electron chi connectivity index (χ2n) is 3.53. The van der Waals surface area contributed by atoms with Gasteiger partial charge in [0, 0.05) is 5.02 Å². The van der Waals surface area contributed by atoms with Crippen LogP contribution in [0.4, 0.5) is 4.79 Å². The van der Waals surface area contributed by atoms with Gasteiger partial charge in [0.1, 0.15) is 0 Å². The summed E-state index contributed by atoms with van der Waals surface area (Å²) in [5, 5.41) is 11.6. The fourth-order valence-corrected chi connectivity index (χ4v) is 1.67. The first-order valence-electron chi connectivity index (χ1n) is 4.19. The van der Waals surface area contributed by atoms with E-state index in [9.17, 15) is 4.79 Å². The SMILES string of the molecule is CC(C)(NC(=O)O)c1ccccc1Cl. The molecule has 1 rings (SSSR count). The minimum Gasteiger partial charge on any atom is -0.465 e. The number of hydrogen-bond donors (Lipinski definition) is 2. The number of benzene rings is 1. The molecule has 3 nitrogen and oxygen atoms in total. The zero-order chi connectivity index (χ0) is 10.8. The third-order valence-electron chi connectivity index (χ3n) is 1.97. The molecule has 2 N–H and O–H groups in total. The van der Waals surface area contributed by atoms with Gasteiger partial charge in [-0.25, -0.2) is 4.79 Å². The first-order chi connectivity index (χ1) is 6.43. The summed E-state index contributed by atoms with van der Waals surface area (Å²) in [5.74, 6) is 0. The molecule has 0 aliphatic carbocycles. The Hall–Kier alpha value is -1.22. The number of rotatable bonds is 2. The van der Waals surface area contributed by atoms with Gasteiger partial charge >= 0.3 is 6.09 Å². The highest BCUT2D eigenvalue weighted by molar-refractivity contribution is 6.31. The summed E-state index contributed by atoms with van der Waals surface area (Å²) in [5.41, 5.74) is 0.0912. The molecule has 0 heterocycles. The van der Waals surface area contributed by atoms with Crippen LogP contribution in [0.5, 0.6) is 0 Å². The van der Waals surface area contributed by atoms with E-state index >= 15 is 0 Å². The van der Waals surface area contributed by atoms with E-state index in [1.807, 2.05) is 12.1 Å². The minimum atomic E-state index is -1.06. The zero-order valence-corrected chi connectivity index (χ0v) is 8.80. The van der Waals surface area contributed by atoms with E-state index in [1.54, 1.807) is 26.0 Å². The first-order valence-corrected chi connectivity index (χ1v) is 4.57. The lowest BCUT2D eigenvalue weighted by Crippen LogP contribution is -2.40. The van der Waals surface area contributed by atoms with Gasteiger partial charge in [0.05, 0.1) is 5.54 Å². The lowest BCUT2D eigenvalue weighted by molar-refractivity contribution is 0.182. The number of nitrogens with one attached hydrogen (secondary N) is 1. The Morgan fingerprint density at radius 3 is 2.50 bits per heavy atom. The minimum absolute atomic E-state index is 0.561. The van der Waals surface area contributed by atoms with Crippen LogP contribution >= 0.6 is 11.6 Å². The molecular formula is C10H12ClNO2. The second-order valence-corrected chi connectivity index (χ2v) is 3.94. The zero-order valence-electron chi connectivity index (χ0n) is 8.04. The standard InChI is InChI=1S/C10H12ClNO2/c1-10(2,12-9(13)14)7-5-3-4-6-8(7)11/h3-6,12H,1-2H3,(H,13,14). The summed E-state index contributed by atoms with van der Waals surface area (Å²) in [4.78, 5) is 10.5. The summed E-state index contributed by atoms with van der Waals surface area (Å²) >= 11 is 5.96. The Labute approximate surface area is 87.7 Å². The molecule has 0 spiro atoms. The van der Waals surface area contributed by atoms with Gasteiger partial charge in [0.2, 0.25) is 0 Å². The molecule has 0 saturated heterocycles. The van der Waals surface area contributed by atoms with Gasteiger partial charge in [-0.1, -0.05) is 29.8 Å². The third-order valence-corrected chi connectivity index (χ3v) is 2.30. The number of halogens is 1. The van der Waals surface area contributed by atoms with Crippen LogP contribution in [0.15, 0.2) is 24.3 Å². The Bertz CT molecular complexity index is 350. The predicted molar refractivity (Wildman–Crippen MR) is 55.6 cm³/mol. The summed E-state index contributed by atoms with van der Waals surface area (Å²) in [6.07, 6.45) is -1.06. The normalized spacial score (nSPS) is 11.1. The summed E-state index contributed by atoms with van der Waals surface area (Å²) < 4.78 is 0. The van der Waals surface area contributed by atoms with E-state index in [-0.39, 0.29) is 0 Å². The van der Waals surface area contributed by atoms with Crippen molar-refractivity contribution in [3.8, 4) is 0 Å². The van der Waals surface area contributed by atoms with Crippen molar-refractivity contribution in [2.75, 3.05) is 0 Å². The van der Waals surface area contributed by atoms with E-state index in [1.165, 1.54) is 0 Å². The largest absolute Gasteiger partial charge is 0.465 e. The molecule has 14 heavy (non-hydrogen) atoms. The average Bonchev–Trinajstić information content (AvgIpc) is 2.02. The highest BCUT2D eigenvalue weighted by atomic mass is 35.5. The van der Waals surface area contributed by atoms with E-state index < -0.39 is 11.6 Å². The Balaban J connectivity index is 3.03. The molecule has 76 valence electrons. The van der Waals surface area contributed by atoms with Crippen molar-refractivity contribution in [1.29, 1.82) is 0 Å². The molecule has 0 aliphatic heterocycles. The van der Waals surface area contributed by atoms with Crippen molar-refractivity contribution in [3.63, 3.8) is 0 Å². The van der Waals surface area contributed by atoms with Crippen molar-refractivity contribution in [2.24, 2.45) is 0 Å². The summed E-state index contributed by atoms with van der Waals surface area (Å²) in [7, 11) is 0. The van der Waals surface area contributed by atoms with Gasteiger partial charge < -0.3 is 10.4 Å². The molecule has 1 aromatic rings. The number of hydrogen-bond acceptors (Lipinski definition) is 1. The van der Waals surface area contributed by atoms with Crippen LogP contribution in [0.2, 0.25) is 5.02 Å². The first kappa shape index (κ1) is 10.9. The number of amides is 1. The van der Waals surface area contributed by atoms with Crippen molar-refractivity contribution in [1.82, 2.24) is 5.32 Å². The van der Waals surface area contributed by atoms with Crippen molar-refractivity contribution in [2.45, 2.75) is 19.4 Å². The van der Waals surface area contributed by atoms with Crippen molar-refractivity contribution in [3.05, 3.63) is 34.9 Å². The molecule has 1 amide bonds. The second kappa shape index (κ2) is 3.88. The van der Waals surface area contributed by atoms with Crippen molar-refractivity contribution >= 4 is 17.7 Å². The molecular weight excluding hydrogens is 202 g/mol. The monoisotopic (exact) mass is 213 g/mol. The molecule has 0 bridgehead atoms. The van der Waals surface area contributed by atoms with Crippen LogP contribution in [0, 0.1) is 0 Å². The van der Waals surface area contributed by atoms with E-state index in [2.05, 4.69) is 5.32 Å². The fraction of sp³-hybridized carbons (Fsp3) is 0.300. The average molecular weight is 214 g/mol. The van der Waals surface area contributed by atoms with E-state index in [0.29, 0.717) is 5.02 Å². The van der Waals surface area contributed by atoms with Gasteiger partial charge in [-0.2, -0.15) is 0 Å². The number of carboxylic acid groups (broad SMARTS) is 1. The lowest BCUT2D eigenvalue weighted by atomic mass is 9.94. The topological polar surface area (TPSA) is 49.3 Å². The number of carbonyl (C=O) groups is 1. The predicted octanol–water partition coefficient (Wildman–Crippen LogP) is 2.84. The molecule has 0 aliphatic rings. The fourth-order valence-electron chi connectivity index (χ4n) is 1.30. The summed E-state index contributed by atoms with van der Waals surface area (Å²) in [6, 6.07) is 7.18. The highest BCUT2D eigenvalue weighted by Crippen LogP contribution is 2.27. The van der Waals surface area contributed by atoms with Crippen LogP contribution in [-0.2, 0) is 5.54 Å². The van der Waals surface area contributed by atoms with E-state index in [4.69, 9.17) is 16.7 Å². The molecule has 0 saturated carbocycles. The smallest absolute Gasteiger partial charge is 0.405 e. The maximum absolute atomic E-state index is 10.5. The molecule has 0 aromatic heterocycles. The highest BCUT2D eigenvalue weighted by Gasteiger charge is 2.24. The van der Waals surface area contributed by atoms with Gasteiger partial charge in [-0.15, -0.1) is 0 Å². The van der Waals surface area contributed by atoms with Gasteiger partial charge in [0.15, 0.2) is 0 Å². The van der Waals surface area contributed by atoms with E-state index in [0.717, 1.165) is 5.56 Å². The van der Waals surface area contributed by atoms with Crippen molar-refractivity contribution < 1.29 is 9.90 Å². The quantitative estimate of drug-likeness (QED) is 0.794. The molecule has 0 radical (unpaired) electrons. The summed E-state index contributed by atoms with van der Waals surface area (Å²) in [6.45, 7) is 3.53. The molecule has 1 aromatic carbocycles. The van der Waals surface area contributed by atoms with Gasteiger partial charge in [0.25, 0.3) is 0 Å². The third kappa shape index (κ3) is 2.39. The van der Waals surface area contributed by atoms with Gasteiger partial charge in [-0.05, 0) is 25.5 Å². The Morgan fingerprint density at radius 2 is 2.00 bits per heavy atom. The molecule has 0 atom stereocenters. The van der Waals surface area contributed by atoms with Crippen LogP contribution in [-0.4, -0.2) is 11.2 Å².